The summed E-state index contributed by atoms with van der Waals surface area (Å²) in [6.07, 6.45) is 8.35. The lowest BCUT2D eigenvalue weighted by Crippen LogP contribution is -2.51. The van der Waals surface area contributed by atoms with Gasteiger partial charge in [0.15, 0.2) is 11.6 Å². The van der Waals surface area contributed by atoms with Gasteiger partial charge in [-0.15, -0.1) is 0 Å². The first-order valence-electron chi connectivity index (χ1n) is 15.4. The molecular weight excluding hydrogens is 536 g/mol. The van der Waals surface area contributed by atoms with E-state index in [9.17, 15) is 14.4 Å². The standard InChI is InChI=1S/C37H40N2O4/c1-6-7-8-11-23-14-16-24(17-15-23)33(40)31-32(34(41)36(2,3)4)39-29-20-19-26(43-5)22-25(29)18-21-30(39)37(31)27-12-9-10-13-28(27)38-35(37)42/h9-10,12-22,30-32H,6-8,11H2,1-5H3,(H,38,42)/t30-,31-,32-,37+/m1/s1. The first kappa shape index (κ1) is 28.9. The molecule has 3 aliphatic heterocycles. The molecule has 1 N–H and O–H groups in total. The molecule has 0 aromatic heterocycles. The Morgan fingerprint density at radius 3 is 2.44 bits per heavy atom. The average Bonchev–Trinajstić information content (AvgIpc) is 3.48. The van der Waals surface area contributed by atoms with Gasteiger partial charge in [0.1, 0.15) is 17.2 Å². The number of ether oxygens (including phenoxy) is 1. The Morgan fingerprint density at radius 2 is 1.74 bits per heavy atom. The molecule has 222 valence electrons. The molecule has 6 nitrogen and oxygen atoms in total. The van der Waals surface area contributed by atoms with E-state index < -0.39 is 28.8 Å². The molecular formula is C37H40N2O4. The number of methoxy groups -OCH3 is 1. The van der Waals surface area contributed by atoms with Gasteiger partial charge in [-0.05, 0) is 48.2 Å². The first-order valence-corrected chi connectivity index (χ1v) is 15.4. The molecule has 1 spiro atoms. The first-order chi connectivity index (χ1) is 20.6. The van der Waals surface area contributed by atoms with Crippen molar-refractivity contribution in [2.75, 3.05) is 17.3 Å². The molecule has 1 saturated heterocycles. The van der Waals surface area contributed by atoms with E-state index in [0.29, 0.717) is 17.0 Å². The van der Waals surface area contributed by atoms with Crippen LogP contribution in [0.2, 0.25) is 0 Å². The Bertz CT molecular complexity index is 1620. The number of rotatable bonds is 8. The third-order valence-corrected chi connectivity index (χ3v) is 9.44. The predicted molar refractivity (Wildman–Crippen MR) is 171 cm³/mol. The summed E-state index contributed by atoms with van der Waals surface area (Å²) in [6.45, 7) is 7.85. The van der Waals surface area contributed by atoms with Gasteiger partial charge in [0.05, 0.1) is 19.1 Å². The van der Waals surface area contributed by atoms with E-state index >= 15 is 0 Å². The molecule has 3 aliphatic rings. The van der Waals surface area contributed by atoms with Gasteiger partial charge in [-0.2, -0.15) is 0 Å². The minimum Gasteiger partial charge on any atom is -0.497 e. The van der Waals surface area contributed by atoms with Gasteiger partial charge in [-0.1, -0.05) is 95.2 Å². The van der Waals surface area contributed by atoms with Crippen molar-refractivity contribution in [3.8, 4) is 5.75 Å². The van der Waals surface area contributed by atoms with Crippen molar-refractivity contribution in [1.82, 2.24) is 0 Å². The molecule has 1 fully saturated rings. The highest BCUT2D eigenvalue weighted by atomic mass is 16.5. The van der Waals surface area contributed by atoms with Crippen LogP contribution in [0, 0.1) is 11.3 Å². The number of para-hydroxylation sites is 1. The number of hydrogen-bond donors (Lipinski definition) is 1. The molecule has 3 heterocycles. The quantitative estimate of drug-likeness (QED) is 0.231. The Balaban J connectivity index is 1.57. The van der Waals surface area contributed by atoms with E-state index in [0.717, 1.165) is 42.5 Å². The lowest BCUT2D eigenvalue weighted by molar-refractivity contribution is -0.128. The molecule has 6 heteroatoms. The Labute approximate surface area is 254 Å². The van der Waals surface area contributed by atoms with Gasteiger partial charge in [0, 0.05) is 27.9 Å². The van der Waals surface area contributed by atoms with Gasteiger partial charge in [-0.25, -0.2) is 0 Å². The third-order valence-electron chi connectivity index (χ3n) is 9.44. The van der Waals surface area contributed by atoms with Gasteiger partial charge in [0.2, 0.25) is 5.91 Å². The Hall–Kier alpha value is -4.19. The van der Waals surface area contributed by atoms with Crippen LogP contribution >= 0.6 is 0 Å². The summed E-state index contributed by atoms with van der Waals surface area (Å²) in [4.78, 5) is 46.0. The van der Waals surface area contributed by atoms with E-state index in [4.69, 9.17) is 4.74 Å². The maximum absolute atomic E-state index is 14.9. The van der Waals surface area contributed by atoms with E-state index in [1.54, 1.807) is 7.11 Å². The van der Waals surface area contributed by atoms with E-state index in [1.807, 2.05) is 105 Å². The van der Waals surface area contributed by atoms with Crippen molar-refractivity contribution in [3.63, 3.8) is 0 Å². The van der Waals surface area contributed by atoms with Crippen LogP contribution in [0.25, 0.3) is 6.08 Å². The van der Waals surface area contributed by atoms with Crippen LogP contribution in [0.4, 0.5) is 11.4 Å². The fourth-order valence-electron chi connectivity index (χ4n) is 7.32. The van der Waals surface area contributed by atoms with Crippen molar-refractivity contribution < 1.29 is 19.1 Å². The highest BCUT2D eigenvalue weighted by molar-refractivity contribution is 6.17. The molecule has 0 radical (unpaired) electrons. The highest BCUT2D eigenvalue weighted by Crippen LogP contribution is 2.58. The Kier molecular flexibility index (Phi) is 7.27. The molecule has 3 aromatic carbocycles. The molecule has 6 rings (SSSR count). The van der Waals surface area contributed by atoms with Crippen LogP contribution in [0.5, 0.6) is 5.75 Å². The summed E-state index contributed by atoms with van der Waals surface area (Å²) < 4.78 is 5.50. The van der Waals surface area contributed by atoms with Crippen LogP contribution < -0.4 is 15.0 Å². The number of nitrogens with one attached hydrogen (secondary N) is 1. The van der Waals surface area contributed by atoms with Crippen LogP contribution in [0.1, 0.15) is 74.0 Å². The summed E-state index contributed by atoms with van der Waals surface area (Å²) in [5, 5.41) is 3.09. The van der Waals surface area contributed by atoms with Gasteiger partial charge in [-0.3, -0.25) is 14.4 Å². The molecule has 1 amide bonds. The number of carbonyl (C=O) groups is 3. The Morgan fingerprint density at radius 1 is 1.00 bits per heavy atom. The van der Waals surface area contributed by atoms with Gasteiger partial charge >= 0.3 is 0 Å². The number of nitrogens with zero attached hydrogens (tertiary/aromatic N) is 1. The molecule has 43 heavy (non-hydrogen) atoms. The van der Waals surface area contributed by atoms with Gasteiger partial charge < -0.3 is 15.0 Å². The number of carbonyl (C=O) groups excluding carboxylic acids is 3. The smallest absolute Gasteiger partial charge is 0.238 e. The number of Topliss-reactive ketones (excluding diaryl/α,β-unsaturated/α-hetero) is 2. The van der Waals surface area contributed by atoms with Crippen LogP contribution in [0.3, 0.4) is 0 Å². The topological polar surface area (TPSA) is 75.7 Å². The number of ketones is 2. The molecule has 0 saturated carbocycles. The van der Waals surface area contributed by atoms with Crippen molar-refractivity contribution in [3.05, 3.63) is 95.1 Å². The second kappa shape index (κ2) is 10.8. The monoisotopic (exact) mass is 576 g/mol. The number of aryl methyl sites for hydroxylation is 1. The van der Waals surface area contributed by atoms with Crippen LogP contribution in [-0.4, -0.2) is 36.7 Å². The number of unbranched alkanes of at least 4 members (excludes halogenated alkanes) is 2. The predicted octanol–water partition coefficient (Wildman–Crippen LogP) is 7.02. The van der Waals surface area contributed by atoms with Crippen LogP contribution in [-0.2, 0) is 21.4 Å². The van der Waals surface area contributed by atoms with Crippen molar-refractivity contribution in [2.45, 2.75) is 70.9 Å². The number of hydrogen-bond acceptors (Lipinski definition) is 5. The second-order valence-electron chi connectivity index (χ2n) is 13.1. The van der Waals surface area contributed by atoms with Crippen LogP contribution in [0.15, 0.2) is 72.8 Å². The summed E-state index contributed by atoms with van der Waals surface area (Å²) in [5.74, 6) is -0.753. The number of benzene rings is 3. The number of fused-ring (bicyclic) bond motifs is 6. The lowest BCUT2D eigenvalue weighted by Gasteiger charge is -2.38. The maximum Gasteiger partial charge on any atom is 0.238 e. The largest absolute Gasteiger partial charge is 0.497 e. The SMILES string of the molecule is CCCCCc1ccc(C(=O)[C@H]2[C@H](C(=O)C(C)(C)C)N3c4ccc(OC)cc4C=C[C@@H]3[C@]23C(=O)Nc2ccccc23)cc1. The van der Waals surface area contributed by atoms with E-state index in [2.05, 4.69) is 12.2 Å². The van der Waals surface area contributed by atoms with E-state index in [-0.39, 0.29) is 17.5 Å². The summed E-state index contributed by atoms with van der Waals surface area (Å²) in [7, 11) is 1.62. The van der Waals surface area contributed by atoms with E-state index in [1.165, 1.54) is 5.56 Å². The summed E-state index contributed by atoms with van der Waals surface area (Å²) in [6, 6.07) is 19.7. The zero-order chi connectivity index (χ0) is 30.5. The summed E-state index contributed by atoms with van der Waals surface area (Å²) >= 11 is 0. The fraction of sp³-hybridized carbons (Fsp3) is 0.378. The zero-order valence-electron chi connectivity index (χ0n) is 25.6. The number of anilines is 2. The minimum atomic E-state index is -1.30. The highest BCUT2D eigenvalue weighted by Gasteiger charge is 2.70. The minimum absolute atomic E-state index is 0.0711. The molecule has 0 bridgehead atoms. The van der Waals surface area contributed by atoms with Crippen molar-refractivity contribution in [2.24, 2.45) is 11.3 Å². The average molecular weight is 577 g/mol. The van der Waals surface area contributed by atoms with Crippen molar-refractivity contribution in [1.29, 1.82) is 0 Å². The summed E-state index contributed by atoms with van der Waals surface area (Å²) in [5.41, 5.74) is 2.79. The third kappa shape index (κ3) is 4.50. The lowest BCUT2D eigenvalue weighted by atomic mass is 9.63. The molecule has 4 atom stereocenters. The molecule has 0 aliphatic carbocycles. The number of amides is 1. The maximum atomic E-state index is 14.9. The molecule has 3 aromatic rings. The fourth-order valence-corrected chi connectivity index (χ4v) is 7.32. The normalized spacial score (nSPS) is 23.5. The second-order valence-corrected chi connectivity index (χ2v) is 13.1. The zero-order valence-corrected chi connectivity index (χ0v) is 25.6. The van der Waals surface area contributed by atoms with Gasteiger partial charge in [0.25, 0.3) is 0 Å². The molecule has 0 unspecified atom stereocenters. The van der Waals surface area contributed by atoms with Crippen molar-refractivity contribution >= 4 is 34.9 Å².